The van der Waals surface area contributed by atoms with E-state index in [0.29, 0.717) is 0 Å². The number of rotatable bonds is 2. The Hall–Kier alpha value is -2.22. The van der Waals surface area contributed by atoms with Gasteiger partial charge in [-0.2, -0.15) is 35.0 Å². The standard InChI is InChI=1S/C19H13N2.Ir/c1-2-10-17(11-3-1)20-14-7-15-21(20)19-13-6-9-16-8-4-5-12-18(16)19;/h1-10,12-13,15H;/q-1;. The van der Waals surface area contributed by atoms with Crippen molar-refractivity contribution >= 4 is 10.8 Å². The molecule has 0 N–H and O–H groups in total. The minimum Gasteiger partial charge on any atom is -0.211 e. The van der Waals surface area contributed by atoms with E-state index in [9.17, 15) is 0 Å². The maximum atomic E-state index is 3.24. The minimum atomic E-state index is 0. The summed E-state index contributed by atoms with van der Waals surface area (Å²) in [5.41, 5.74) is 2.10. The first-order valence-corrected chi connectivity index (χ1v) is 6.90. The smallest absolute Gasteiger partial charge is 0.145 e. The van der Waals surface area contributed by atoms with E-state index in [1.807, 2.05) is 41.2 Å². The molecule has 1 heterocycles. The molecule has 109 valence electrons. The molecule has 0 unspecified atom stereocenters. The van der Waals surface area contributed by atoms with E-state index in [2.05, 4.69) is 59.4 Å². The van der Waals surface area contributed by atoms with Gasteiger partial charge in [0, 0.05) is 31.2 Å². The summed E-state index contributed by atoms with van der Waals surface area (Å²) < 4.78 is 4.07. The van der Waals surface area contributed by atoms with Crippen LogP contribution >= 0.6 is 0 Å². The molecule has 4 aromatic rings. The first kappa shape index (κ1) is 14.7. The summed E-state index contributed by atoms with van der Waals surface area (Å²) in [5, 5.41) is 2.45. The summed E-state index contributed by atoms with van der Waals surface area (Å²) in [7, 11) is 0. The van der Waals surface area contributed by atoms with Crippen LogP contribution in [0.4, 0.5) is 0 Å². The molecule has 0 aliphatic heterocycles. The molecule has 1 aromatic heterocycles. The van der Waals surface area contributed by atoms with Gasteiger partial charge in [-0.25, -0.2) is 4.68 Å². The maximum absolute atomic E-state index is 3.24. The monoisotopic (exact) mass is 462 g/mol. The van der Waals surface area contributed by atoms with Gasteiger partial charge in [0.15, 0.2) is 0 Å². The minimum absolute atomic E-state index is 0. The van der Waals surface area contributed by atoms with Gasteiger partial charge in [0.05, 0.1) is 5.69 Å². The number of para-hydroxylation sites is 1. The molecule has 0 aliphatic carbocycles. The van der Waals surface area contributed by atoms with Crippen molar-refractivity contribution in [1.82, 2.24) is 4.68 Å². The van der Waals surface area contributed by atoms with Crippen LogP contribution in [0.5, 0.6) is 0 Å². The van der Waals surface area contributed by atoms with E-state index in [0.717, 1.165) is 11.4 Å². The zero-order valence-corrected chi connectivity index (χ0v) is 14.1. The molecule has 0 saturated carbocycles. The predicted octanol–water partition coefficient (Wildman–Crippen LogP) is 3.51. The van der Waals surface area contributed by atoms with E-state index in [1.54, 1.807) is 0 Å². The van der Waals surface area contributed by atoms with Crippen molar-refractivity contribution in [1.29, 1.82) is 0 Å². The molecule has 0 bridgehead atoms. The third-order valence-corrected chi connectivity index (χ3v) is 3.56. The number of benzene rings is 3. The van der Waals surface area contributed by atoms with Crippen LogP contribution in [0.3, 0.4) is 0 Å². The Balaban J connectivity index is 0.00000144. The normalized spacial score (nSPS) is 10.4. The quantitative estimate of drug-likeness (QED) is 0.319. The Morgan fingerprint density at radius 3 is 2.50 bits per heavy atom. The molecule has 0 aliphatic rings. The van der Waals surface area contributed by atoms with Crippen LogP contribution in [0, 0.1) is 12.3 Å². The van der Waals surface area contributed by atoms with E-state index in [4.69, 9.17) is 0 Å². The molecule has 4 rings (SSSR count). The fourth-order valence-corrected chi connectivity index (χ4v) is 2.60. The van der Waals surface area contributed by atoms with Crippen molar-refractivity contribution in [3.63, 3.8) is 0 Å². The summed E-state index contributed by atoms with van der Waals surface area (Å²) in [6.45, 7) is 0. The Labute approximate surface area is 143 Å². The molecule has 0 atom stereocenters. The van der Waals surface area contributed by atoms with Crippen LogP contribution < -0.4 is 4.68 Å². The third-order valence-electron chi connectivity index (χ3n) is 3.56. The van der Waals surface area contributed by atoms with E-state index < -0.39 is 0 Å². The summed E-state index contributed by atoms with van der Waals surface area (Å²) in [4.78, 5) is 0. The Bertz CT molecular complexity index is 892. The Morgan fingerprint density at radius 1 is 0.818 bits per heavy atom. The maximum Gasteiger partial charge on any atom is 0.145 e. The summed E-state index contributed by atoms with van der Waals surface area (Å²) in [6, 6.07) is 27.8. The molecule has 0 fully saturated rings. The average molecular weight is 462 g/mol. The van der Waals surface area contributed by atoms with Gasteiger partial charge in [-0.3, -0.25) is 0 Å². The van der Waals surface area contributed by atoms with Crippen LogP contribution in [0.1, 0.15) is 0 Å². The van der Waals surface area contributed by atoms with Crippen LogP contribution in [-0.2, 0) is 20.1 Å². The zero-order chi connectivity index (χ0) is 14.1. The molecule has 0 amide bonds. The largest absolute Gasteiger partial charge is 0.211 e. The molecule has 22 heavy (non-hydrogen) atoms. The summed E-state index contributed by atoms with van der Waals surface area (Å²) in [5.74, 6) is 0. The van der Waals surface area contributed by atoms with Crippen LogP contribution in [0.2, 0.25) is 0 Å². The molecule has 0 spiro atoms. The van der Waals surface area contributed by atoms with Crippen molar-refractivity contribution in [3.8, 4) is 11.4 Å². The first-order chi connectivity index (χ1) is 10.4. The van der Waals surface area contributed by atoms with Crippen LogP contribution in [0.15, 0.2) is 79.0 Å². The van der Waals surface area contributed by atoms with Gasteiger partial charge in [0.2, 0.25) is 0 Å². The summed E-state index contributed by atoms with van der Waals surface area (Å²) in [6.07, 6.45) is 5.25. The second-order valence-corrected chi connectivity index (χ2v) is 4.85. The van der Waals surface area contributed by atoms with Gasteiger partial charge in [0.25, 0.3) is 0 Å². The second-order valence-electron chi connectivity index (χ2n) is 4.85. The van der Waals surface area contributed by atoms with E-state index >= 15 is 0 Å². The van der Waals surface area contributed by atoms with Crippen molar-refractivity contribution in [3.05, 3.63) is 91.3 Å². The number of hydrogen-bond donors (Lipinski definition) is 0. The van der Waals surface area contributed by atoms with Crippen molar-refractivity contribution in [2.45, 2.75) is 0 Å². The molecular formula is C19H13IrN2-. The van der Waals surface area contributed by atoms with Crippen molar-refractivity contribution < 1.29 is 24.8 Å². The molecule has 2 nitrogen and oxygen atoms in total. The molecular weight excluding hydrogens is 448 g/mol. The molecule has 3 aromatic carbocycles. The zero-order valence-electron chi connectivity index (χ0n) is 11.7. The first-order valence-electron chi connectivity index (χ1n) is 6.90. The van der Waals surface area contributed by atoms with E-state index in [-0.39, 0.29) is 20.1 Å². The number of nitrogens with zero attached hydrogens (tertiary/aromatic N) is 2. The number of aromatic nitrogens is 2. The predicted molar refractivity (Wildman–Crippen MR) is 82.5 cm³/mol. The van der Waals surface area contributed by atoms with Gasteiger partial charge >= 0.3 is 0 Å². The SMILES string of the molecule is [Ir].[c-]1ccccc1-[n+]1[c-]ccn1-c1cccc2ccccc12. The fourth-order valence-electron chi connectivity index (χ4n) is 2.60. The van der Waals surface area contributed by atoms with Crippen LogP contribution in [-0.4, -0.2) is 4.68 Å². The van der Waals surface area contributed by atoms with Gasteiger partial charge in [-0.15, -0.1) is 0 Å². The Morgan fingerprint density at radius 2 is 1.64 bits per heavy atom. The average Bonchev–Trinajstić information content (AvgIpc) is 3.04. The second kappa shape index (κ2) is 6.27. The van der Waals surface area contributed by atoms with E-state index in [1.165, 1.54) is 10.8 Å². The summed E-state index contributed by atoms with van der Waals surface area (Å²) >= 11 is 0. The fraction of sp³-hybridized carbons (Fsp3) is 0. The van der Waals surface area contributed by atoms with Crippen molar-refractivity contribution in [2.75, 3.05) is 0 Å². The van der Waals surface area contributed by atoms with Gasteiger partial charge in [-0.05, 0) is 17.6 Å². The Kier molecular flexibility index (Phi) is 4.19. The molecule has 0 saturated heterocycles. The van der Waals surface area contributed by atoms with Crippen molar-refractivity contribution in [2.24, 2.45) is 0 Å². The topological polar surface area (TPSA) is 8.81 Å². The van der Waals surface area contributed by atoms with Gasteiger partial charge in [-0.1, -0.05) is 42.5 Å². The van der Waals surface area contributed by atoms with Gasteiger partial charge < -0.3 is 0 Å². The number of hydrogen-bond acceptors (Lipinski definition) is 0. The van der Waals surface area contributed by atoms with Crippen LogP contribution in [0.25, 0.3) is 22.1 Å². The van der Waals surface area contributed by atoms with Gasteiger partial charge in [0.1, 0.15) is 6.20 Å². The molecule has 3 heteroatoms. The molecule has 1 radical (unpaired) electrons. The third kappa shape index (κ3) is 2.50. The number of fused-ring (bicyclic) bond motifs is 1.